The van der Waals surface area contributed by atoms with Gasteiger partial charge in [0.1, 0.15) is 5.82 Å². The highest BCUT2D eigenvalue weighted by Crippen LogP contribution is 2.08. The molecule has 0 heterocycles. The van der Waals surface area contributed by atoms with Crippen LogP contribution >= 0.6 is 0 Å². The second kappa shape index (κ2) is 8.19. The van der Waals surface area contributed by atoms with Crippen molar-refractivity contribution in [2.24, 2.45) is 5.73 Å². The number of hydrogen-bond donors (Lipinski definition) is 1. The molecule has 0 atom stereocenters. The van der Waals surface area contributed by atoms with Crippen molar-refractivity contribution in [1.29, 1.82) is 0 Å². The average Bonchev–Trinajstić information content (AvgIpc) is 2.37. The van der Waals surface area contributed by atoms with Crippen LogP contribution in [-0.2, 0) is 6.54 Å². The van der Waals surface area contributed by atoms with Gasteiger partial charge in [-0.15, -0.1) is 0 Å². The summed E-state index contributed by atoms with van der Waals surface area (Å²) >= 11 is 0. The molecule has 1 rings (SSSR count). The Morgan fingerprint density at radius 3 is 2.50 bits per heavy atom. The lowest BCUT2D eigenvalue weighted by molar-refractivity contribution is 0.231. The first-order valence-corrected chi connectivity index (χ1v) is 6.51. The van der Waals surface area contributed by atoms with E-state index in [1.54, 1.807) is 6.07 Å². The number of nitrogens with zero attached hydrogens (tertiary/aromatic N) is 2. The Labute approximate surface area is 109 Å². The molecule has 3 nitrogen and oxygen atoms in total. The van der Waals surface area contributed by atoms with E-state index in [9.17, 15) is 4.39 Å². The highest BCUT2D eigenvalue weighted by Gasteiger charge is 2.07. The van der Waals surface area contributed by atoms with Gasteiger partial charge in [0.2, 0.25) is 0 Å². The first kappa shape index (κ1) is 15.1. The Morgan fingerprint density at radius 2 is 1.89 bits per heavy atom. The molecule has 1 aromatic carbocycles. The fourth-order valence-electron chi connectivity index (χ4n) is 1.92. The van der Waals surface area contributed by atoms with Crippen LogP contribution < -0.4 is 5.73 Å². The summed E-state index contributed by atoms with van der Waals surface area (Å²) < 4.78 is 13.5. The Bertz CT molecular complexity index is 344. The SMILES string of the molecule is CCN(CCN)CCN(C)Cc1ccccc1F. The van der Waals surface area contributed by atoms with Crippen LogP contribution in [0.25, 0.3) is 0 Å². The number of hydrogen-bond acceptors (Lipinski definition) is 3. The van der Waals surface area contributed by atoms with Crippen molar-refractivity contribution in [1.82, 2.24) is 9.80 Å². The minimum absolute atomic E-state index is 0.126. The number of likely N-dealkylation sites (N-methyl/N-ethyl adjacent to an activating group) is 2. The summed E-state index contributed by atoms with van der Waals surface area (Å²) in [5.74, 6) is -0.126. The number of nitrogens with two attached hydrogens (primary N) is 1. The van der Waals surface area contributed by atoms with Crippen molar-refractivity contribution in [2.75, 3.05) is 39.8 Å². The Kier molecular flexibility index (Phi) is 6.86. The molecule has 0 aliphatic rings. The molecule has 0 bridgehead atoms. The molecule has 0 spiro atoms. The van der Waals surface area contributed by atoms with Crippen LogP contribution in [-0.4, -0.2) is 49.6 Å². The van der Waals surface area contributed by atoms with Crippen molar-refractivity contribution >= 4 is 0 Å². The molecule has 0 fully saturated rings. The molecule has 102 valence electrons. The lowest BCUT2D eigenvalue weighted by Gasteiger charge is -2.23. The highest BCUT2D eigenvalue weighted by molar-refractivity contribution is 5.16. The van der Waals surface area contributed by atoms with Crippen LogP contribution in [0.3, 0.4) is 0 Å². The maximum absolute atomic E-state index is 13.5. The topological polar surface area (TPSA) is 32.5 Å². The van der Waals surface area contributed by atoms with Crippen LogP contribution in [0.2, 0.25) is 0 Å². The van der Waals surface area contributed by atoms with E-state index < -0.39 is 0 Å². The normalized spacial score (nSPS) is 11.4. The van der Waals surface area contributed by atoms with Crippen LogP contribution in [0, 0.1) is 5.82 Å². The molecule has 0 aliphatic carbocycles. The number of halogens is 1. The molecule has 1 aromatic rings. The third kappa shape index (κ3) is 5.12. The summed E-state index contributed by atoms with van der Waals surface area (Å²) in [6, 6.07) is 6.94. The zero-order chi connectivity index (χ0) is 13.4. The largest absolute Gasteiger partial charge is 0.329 e. The molecule has 4 heteroatoms. The van der Waals surface area contributed by atoms with E-state index in [4.69, 9.17) is 5.73 Å². The molecule has 0 saturated carbocycles. The maximum Gasteiger partial charge on any atom is 0.127 e. The van der Waals surface area contributed by atoms with E-state index in [0.717, 1.165) is 31.7 Å². The standard InChI is InChI=1S/C14H24FN3/c1-3-18(9-8-16)11-10-17(2)12-13-6-4-5-7-14(13)15/h4-7H,3,8-12,16H2,1-2H3. The van der Waals surface area contributed by atoms with Crippen LogP contribution in [0.15, 0.2) is 24.3 Å². The minimum atomic E-state index is -0.126. The van der Waals surface area contributed by atoms with Crippen LogP contribution in [0.5, 0.6) is 0 Å². The first-order valence-electron chi connectivity index (χ1n) is 6.51. The molecule has 0 radical (unpaired) electrons. The van der Waals surface area contributed by atoms with Gasteiger partial charge >= 0.3 is 0 Å². The molecule has 0 saturated heterocycles. The molecule has 0 aliphatic heterocycles. The van der Waals surface area contributed by atoms with Crippen LogP contribution in [0.1, 0.15) is 12.5 Å². The molecule has 2 N–H and O–H groups in total. The lowest BCUT2D eigenvalue weighted by Crippen LogP contribution is -2.36. The van der Waals surface area contributed by atoms with Crippen molar-refractivity contribution in [3.8, 4) is 0 Å². The maximum atomic E-state index is 13.5. The van der Waals surface area contributed by atoms with Gasteiger partial charge in [-0.2, -0.15) is 0 Å². The third-order valence-electron chi connectivity index (χ3n) is 3.09. The first-order chi connectivity index (χ1) is 8.67. The third-order valence-corrected chi connectivity index (χ3v) is 3.09. The van der Waals surface area contributed by atoms with Gasteiger partial charge in [0.05, 0.1) is 0 Å². The van der Waals surface area contributed by atoms with Gasteiger partial charge in [-0.05, 0) is 19.7 Å². The van der Waals surface area contributed by atoms with E-state index in [2.05, 4.69) is 16.7 Å². The molecule has 0 aromatic heterocycles. The molecule has 18 heavy (non-hydrogen) atoms. The Hall–Kier alpha value is -0.970. The lowest BCUT2D eigenvalue weighted by atomic mass is 10.2. The van der Waals surface area contributed by atoms with Crippen molar-refractivity contribution in [3.63, 3.8) is 0 Å². The zero-order valence-electron chi connectivity index (χ0n) is 11.4. The minimum Gasteiger partial charge on any atom is -0.329 e. The van der Waals surface area contributed by atoms with E-state index >= 15 is 0 Å². The quantitative estimate of drug-likeness (QED) is 0.763. The van der Waals surface area contributed by atoms with Crippen molar-refractivity contribution in [2.45, 2.75) is 13.5 Å². The van der Waals surface area contributed by atoms with Gasteiger partial charge in [0, 0.05) is 38.3 Å². The second-order valence-corrected chi connectivity index (χ2v) is 4.55. The van der Waals surface area contributed by atoms with Gasteiger partial charge in [-0.1, -0.05) is 25.1 Å². The molecular formula is C14H24FN3. The summed E-state index contributed by atoms with van der Waals surface area (Å²) in [5, 5.41) is 0. The number of benzene rings is 1. The van der Waals surface area contributed by atoms with E-state index in [0.29, 0.717) is 13.1 Å². The monoisotopic (exact) mass is 253 g/mol. The fraction of sp³-hybridized carbons (Fsp3) is 0.571. The summed E-state index contributed by atoms with van der Waals surface area (Å²) in [6.45, 7) is 7.28. The summed E-state index contributed by atoms with van der Waals surface area (Å²) in [6.07, 6.45) is 0. The van der Waals surface area contributed by atoms with Gasteiger partial charge in [0.15, 0.2) is 0 Å². The summed E-state index contributed by atoms with van der Waals surface area (Å²) in [5.41, 5.74) is 6.30. The fourth-order valence-corrected chi connectivity index (χ4v) is 1.92. The Balaban J connectivity index is 2.37. The van der Waals surface area contributed by atoms with E-state index in [1.165, 1.54) is 6.07 Å². The molecule has 0 unspecified atom stereocenters. The smallest absolute Gasteiger partial charge is 0.127 e. The second-order valence-electron chi connectivity index (χ2n) is 4.55. The van der Waals surface area contributed by atoms with Crippen molar-refractivity contribution < 1.29 is 4.39 Å². The van der Waals surface area contributed by atoms with Gasteiger partial charge < -0.3 is 15.5 Å². The predicted octanol–water partition coefficient (Wildman–Crippen LogP) is 1.54. The highest BCUT2D eigenvalue weighted by atomic mass is 19.1. The summed E-state index contributed by atoms with van der Waals surface area (Å²) in [7, 11) is 2.02. The molecule has 0 amide bonds. The van der Waals surface area contributed by atoms with E-state index in [-0.39, 0.29) is 5.82 Å². The predicted molar refractivity (Wildman–Crippen MR) is 73.9 cm³/mol. The van der Waals surface area contributed by atoms with Crippen molar-refractivity contribution in [3.05, 3.63) is 35.6 Å². The number of rotatable bonds is 8. The van der Waals surface area contributed by atoms with E-state index in [1.807, 2.05) is 19.2 Å². The average molecular weight is 253 g/mol. The zero-order valence-corrected chi connectivity index (χ0v) is 11.4. The summed E-state index contributed by atoms with van der Waals surface area (Å²) in [4.78, 5) is 4.44. The van der Waals surface area contributed by atoms with Gasteiger partial charge in [-0.3, -0.25) is 0 Å². The molecular weight excluding hydrogens is 229 g/mol. The van der Waals surface area contributed by atoms with Gasteiger partial charge in [-0.25, -0.2) is 4.39 Å². The van der Waals surface area contributed by atoms with Crippen LogP contribution in [0.4, 0.5) is 4.39 Å². The van der Waals surface area contributed by atoms with Gasteiger partial charge in [0.25, 0.3) is 0 Å². The Morgan fingerprint density at radius 1 is 1.17 bits per heavy atom.